The number of phenolic OH excluding ortho intramolecular Hbond substituents is 3. The van der Waals surface area contributed by atoms with Crippen molar-refractivity contribution in [2.45, 2.75) is 81.7 Å². The smallest absolute Gasteiger partial charge is 0.331 e. The molecule has 2 aliphatic heterocycles. The third-order valence-electron chi connectivity index (χ3n) is 7.48. The Hall–Kier alpha value is -3.31. The van der Waals surface area contributed by atoms with E-state index in [1.807, 2.05) is 0 Å². The molecule has 2 saturated heterocycles. The summed E-state index contributed by atoms with van der Waals surface area (Å²) in [5.41, 5.74) is 1.74. The van der Waals surface area contributed by atoms with Crippen LogP contribution in [0.1, 0.15) is 23.6 Å². The minimum atomic E-state index is -1.72. The van der Waals surface area contributed by atoms with Crippen LogP contribution in [0.3, 0.4) is 0 Å². The van der Waals surface area contributed by atoms with Crippen molar-refractivity contribution in [1.82, 2.24) is 0 Å². The van der Waals surface area contributed by atoms with Gasteiger partial charge in [0.15, 0.2) is 30.2 Å². The normalized spacial score (nSPS) is 32.5. The van der Waals surface area contributed by atoms with Crippen molar-refractivity contribution in [2.24, 2.45) is 0 Å². The van der Waals surface area contributed by atoms with E-state index in [1.54, 1.807) is 25.1 Å². The molecule has 0 radical (unpaired) electrons. The largest absolute Gasteiger partial charge is 0.508 e. The zero-order valence-electron chi connectivity index (χ0n) is 24.0. The van der Waals surface area contributed by atoms with Crippen molar-refractivity contribution < 1.29 is 69.3 Å². The fourth-order valence-corrected chi connectivity index (χ4v) is 4.75. The molecule has 0 amide bonds. The lowest BCUT2D eigenvalue weighted by Gasteiger charge is -2.43. The van der Waals surface area contributed by atoms with Gasteiger partial charge in [0.1, 0.15) is 42.4 Å². The van der Waals surface area contributed by atoms with Gasteiger partial charge in [-0.2, -0.15) is 0 Å². The summed E-state index contributed by atoms with van der Waals surface area (Å²) in [7, 11) is 0. The van der Waals surface area contributed by atoms with E-state index >= 15 is 0 Å². The topological polar surface area (TPSA) is 225 Å². The molecule has 4 unspecified atom stereocenters. The first-order chi connectivity index (χ1) is 20.8. The predicted molar refractivity (Wildman–Crippen MR) is 150 cm³/mol. The molecule has 0 bridgehead atoms. The number of aromatic hydroxyl groups is 3. The number of hydrogen-bond acceptors (Lipinski definition) is 14. The van der Waals surface area contributed by atoms with Gasteiger partial charge >= 0.3 is 5.97 Å². The van der Waals surface area contributed by atoms with Crippen LogP contribution in [-0.2, 0) is 34.9 Å². The number of rotatable bonds is 10. The molecular weight excluding hydrogens is 584 g/mol. The van der Waals surface area contributed by atoms with Crippen LogP contribution in [0, 0.1) is 6.92 Å². The van der Waals surface area contributed by atoms with Crippen molar-refractivity contribution in [3.63, 3.8) is 0 Å². The molecule has 4 rings (SSSR count). The summed E-state index contributed by atoms with van der Waals surface area (Å²) >= 11 is 0. The molecular formula is C30H38O14. The Morgan fingerprint density at radius 2 is 1.52 bits per heavy atom. The second kappa shape index (κ2) is 14.6. The molecule has 0 aliphatic carbocycles. The van der Waals surface area contributed by atoms with Crippen LogP contribution in [0.2, 0.25) is 0 Å². The van der Waals surface area contributed by atoms with Gasteiger partial charge in [-0.05, 0) is 61.2 Å². The molecule has 2 aromatic rings. The lowest BCUT2D eigenvalue weighted by molar-refractivity contribution is -0.328. The third kappa shape index (κ3) is 8.04. The summed E-state index contributed by atoms with van der Waals surface area (Å²) < 4.78 is 28.0. The number of phenols is 3. The Balaban J connectivity index is 1.45. The van der Waals surface area contributed by atoms with E-state index in [1.165, 1.54) is 31.2 Å². The lowest BCUT2D eigenvalue weighted by Crippen LogP contribution is -2.62. The molecule has 8 N–H and O–H groups in total. The van der Waals surface area contributed by atoms with Crippen LogP contribution < -0.4 is 0 Å². The number of carbonyl (C=O) groups excluding carboxylic acids is 1. The maximum Gasteiger partial charge on any atom is 0.331 e. The number of aryl methyl sites for hydroxylation is 1. The zero-order chi connectivity index (χ0) is 32.1. The fourth-order valence-electron chi connectivity index (χ4n) is 4.75. The lowest BCUT2D eigenvalue weighted by atomic mass is 9.98. The number of hydrogen-bond donors (Lipinski definition) is 8. The van der Waals surface area contributed by atoms with Crippen molar-refractivity contribution in [3.05, 3.63) is 59.2 Å². The second-order valence-electron chi connectivity index (χ2n) is 10.8. The van der Waals surface area contributed by atoms with E-state index in [0.29, 0.717) is 16.7 Å². The highest BCUT2D eigenvalue weighted by molar-refractivity contribution is 5.87. The highest BCUT2D eigenvalue weighted by atomic mass is 16.7. The molecule has 242 valence electrons. The van der Waals surface area contributed by atoms with Crippen LogP contribution in [-0.4, -0.2) is 121 Å². The average molecular weight is 623 g/mol. The summed E-state index contributed by atoms with van der Waals surface area (Å²) in [4.78, 5) is 12.7. The Labute approximate surface area is 252 Å². The molecule has 0 aromatic heterocycles. The molecule has 44 heavy (non-hydrogen) atoms. The monoisotopic (exact) mass is 622 g/mol. The summed E-state index contributed by atoms with van der Waals surface area (Å²) in [6.07, 6.45) is -11.8. The highest BCUT2D eigenvalue weighted by Gasteiger charge is 2.49. The van der Waals surface area contributed by atoms with Gasteiger partial charge in [-0.25, -0.2) is 4.79 Å². The van der Waals surface area contributed by atoms with Crippen LogP contribution in [0.25, 0.3) is 6.08 Å². The number of ether oxygens (including phenoxy) is 5. The first kappa shape index (κ1) is 33.6. The molecule has 0 saturated carbocycles. The maximum atomic E-state index is 12.7. The SMILES string of the molecule is Cc1ccc(/C=C/C(=O)O[C@@H]2C(CO[C@@H]3OC(C)[C@@H](O)[C@@H](O)C3O)O[C@@H](OCCc3ccc(O)c(O)c3)C(O)[C@@H]2O)cc1O. The predicted octanol–water partition coefficient (Wildman–Crippen LogP) is -0.413. The number of benzene rings is 2. The fraction of sp³-hybridized carbons (Fsp3) is 0.500. The third-order valence-corrected chi connectivity index (χ3v) is 7.48. The second-order valence-corrected chi connectivity index (χ2v) is 10.8. The van der Waals surface area contributed by atoms with Crippen molar-refractivity contribution in [1.29, 1.82) is 0 Å². The summed E-state index contributed by atoms with van der Waals surface area (Å²) in [6.45, 7) is 2.66. The van der Waals surface area contributed by atoms with Gasteiger partial charge in [-0.15, -0.1) is 0 Å². The first-order valence-electron chi connectivity index (χ1n) is 14.0. The van der Waals surface area contributed by atoms with E-state index in [4.69, 9.17) is 23.7 Å². The van der Waals surface area contributed by atoms with Gasteiger partial charge in [0.2, 0.25) is 0 Å². The Bertz CT molecular complexity index is 1300. The molecule has 14 heteroatoms. The standard InChI is InChI=1S/C30H38O14/c1-14-3-4-16(11-19(14)32)6-8-22(34)44-28-21(13-41-30-26(38)24(36)23(35)15(2)42-30)43-29(27(39)25(28)37)40-10-9-17-5-7-18(31)20(33)12-17/h3-8,11-12,15,21,23-33,35-39H,9-10,13H2,1-2H3/b8-6+/t15?,21?,23-,24-,25+,26?,27?,28-,29-,30-/m1/s1. The number of esters is 1. The van der Waals surface area contributed by atoms with Gasteiger partial charge in [0.25, 0.3) is 0 Å². The summed E-state index contributed by atoms with van der Waals surface area (Å²) in [5, 5.41) is 81.2. The van der Waals surface area contributed by atoms with Gasteiger partial charge in [-0.1, -0.05) is 18.2 Å². The molecule has 10 atom stereocenters. The zero-order valence-corrected chi connectivity index (χ0v) is 24.0. The Kier molecular flexibility index (Phi) is 11.2. The van der Waals surface area contributed by atoms with Crippen LogP contribution in [0.15, 0.2) is 42.5 Å². The van der Waals surface area contributed by atoms with Crippen molar-refractivity contribution in [2.75, 3.05) is 13.2 Å². The molecule has 2 aromatic carbocycles. The maximum absolute atomic E-state index is 12.7. The Morgan fingerprint density at radius 3 is 2.23 bits per heavy atom. The van der Waals surface area contributed by atoms with E-state index in [2.05, 4.69) is 0 Å². The van der Waals surface area contributed by atoms with E-state index in [-0.39, 0.29) is 30.3 Å². The van der Waals surface area contributed by atoms with E-state index < -0.39 is 74.0 Å². The van der Waals surface area contributed by atoms with Gasteiger partial charge < -0.3 is 64.5 Å². The molecule has 2 fully saturated rings. The molecule has 14 nitrogen and oxygen atoms in total. The van der Waals surface area contributed by atoms with Crippen LogP contribution in [0.5, 0.6) is 17.2 Å². The highest BCUT2D eigenvalue weighted by Crippen LogP contribution is 2.29. The summed E-state index contributed by atoms with van der Waals surface area (Å²) in [6, 6.07) is 8.98. The first-order valence-corrected chi connectivity index (χ1v) is 14.0. The van der Waals surface area contributed by atoms with Crippen LogP contribution in [0.4, 0.5) is 0 Å². The number of aliphatic hydroxyl groups is 5. The van der Waals surface area contributed by atoms with Crippen LogP contribution >= 0.6 is 0 Å². The number of aliphatic hydroxyl groups excluding tert-OH is 5. The van der Waals surface area contributed by atoms with Gasteiger partial charge in [0.05, 0.1) is 19.3 Å². The molecule has 2 aliphatic rings. The van der Waals surface area contributed by atoms with Gasteiger partial charge in [-0.3, -0.25) is 0 Å². The van der Waals surface area contributed by atoms with E-state index in [9.17, 15) is 45.6 Å². The minimum absolute atomic E-state index is 0.0317. The summed E-state index contributed by atoms with van der Waals surface area (Å²) in [5.74, 6) is -1.49. The van der Waals surface area contributed by atoms with Crippen molar-refractivity contribution >= 4 is 12.0 Å². The van der Waals surface area contributed by atoms with Crippen molar-refractivity contribution in [3.8, 4) is 17.2 Å². The van der Waals surface area contributed by atoms with E-state index in [0.717, 1.165) is 6.08 Å². The Morgan fingerprint density at radius 1 is 0.818 bits per heavy atom. The quantitative estimate of drug-likeness (QED) is 0.0958. The number of carbonyl (C=O) groups is 1. The van der Waals surface area contributed by atoms with Gasteiger partial charge in [0, 0.05) is 6.08 Å². The average Bonchev–Trinajstić information content (AvgIpc) is 2.99. The molecule has 2 heterocycles. The minimum Gasteiger partial charge on any atom is -0.508 e. The molecule has 0 spiro atoms.